The lowest BCUT2D eigenvalue weighted by atomic mass is 10.2. The average molecular weight is 425 g/mol. The van der Waals surface area contributed by atoms with Crippen LogP contribution in [0.5, 0.6) is 0 Å². The fourth-order valence-electron chi connectivity index (χ4n) is 2.38. The summed E-state index contributed by atoms with van der Waals surface area (Å²) in [6.07, 6.45) is 0.494. The molecule has 0 radical (unpaired) electrons. The van der Waals surface area contributed by atoms with Crippen LogP contribution in [0.4, 0.5) is 5.69 Å². The van der Waals surface area contributed by atoms with Crippen LogP contribution in [0, 0.1) is 0 Å². The highest BCUT2D eigenvalue weighted by atomic mass is 35.5. The normalized spacial score (nSPS) is 12.0. The quantitative estimate of drug-likeness (QED) is 0.461. The van der Waals surface area contributed by atoms with Crippen molar-refractivity contribution in [2.45, 2.75) is 23.6 Å². The van der Waals surface area contributed by atoms with Crippen molar-refractivity contribution in [2.24, 2.45) is 0 Å². The largest absolute Gasteiger partial charge is 0.442 e. The maximum absolute atomic E-state index is 12.7. The van der Waals surface area contributed by atoms with Gasteiger partial charge in [-0.2, -0.15) is 0 Å². The van der Waals surface area contributed by atoms with E-state index in [1.807, 2.05) is 37.3 Å². The van der Waals surface area contributed by atoms with Crippen LogP contribution in [0.1, 0.15) is 13.3 Å². The second kappa shape index (κ2) is 8.65. The molecule has 0 bridgehead atoms. The minimum absolute atomic E-state index is 0.271. The van der Waals surface area contributed by atoms with Crippen LogP contribution >= 0.6 is 35.0 Å². The van der Waals surface area contributed by atoms with E-state index in [1.165, 1.54) is 4.68 Å². The van der Waals surface area contributed by atoms with Gasteiger partial charge in [0.2, 0.25) is 11.6 Å². The van der Waals surface area contributed by atoms with Gasteiger partial charge >= 0.3 is 10.7 Å². The molecule has 3 rings (SSSR count). The third-order valence-corrected chi connectivity index (χ3v) is 5.97. The van der Waals surface area contributed by atoms with Crippen molar-refractivity contribution in [2.75, 3.05) is 5.32 Å². The standard InChI is InChI=1S/C18H15Cl2N3O3S/c1-2-14(16(24)21-13-10-6-9-12(19)15(13)20)27-17-18(25)26-22-23(17)11-7-4-3-5-8-11/h3-10,14H,2H2,1H3,(H-,21,22,24,25)/p+1. The molecule has 2 N–H and O–H groups in total. The van der Waals surface area contributed by atoms with E-state index in [9.17, 15) is 9.59 Å². The monoisotopic (exact) mass is 424 g/mol. The lowest BCUT2D eigenvalue weighted by molar-refractivity contribution is -0.704. The van der Waals surface area contributed by atoms with E-state index in [2.05, 4.69) is 10.6 Å². The number of carbonyl (C=O) groups excluding carboxylic acids is 1. The van der Waals surface area contributed by atoms with E-state index in [4.69, 9.17) is 27.7 Å². The number of H-pyrrole nitrogens is 1. The van der Waals surface area contributed by atoms with Gasteiger partial charge in [0.25, 0.3) is 0 Å². The van der Waals surface area contributed by atoms with Crippen molar-refractivity contribution in [1.29, 1.82) is 0 Å². The Morgan fingerprint density at radius 3 is 2.67 bits per heavy atom. The summed E-state index contributed by atoms with van der Waals surface area (Å²) in [6.45, 7) is 1.86. The molecule has 1 atom stereocenters. The Morgan fingerprint density at radius 1 is 1.22 bits per heavy atom. The number of hydrogen-bond acceptors (Lipinski definition) is 4. The summed E-state index contributed by atoms with van der Waals surface area (Å²) < 4.78 is 6.43. The van der Waals surface area contributed by atoms with Gasteiger partial charge in [-0.25, -0.2) is 4.79 Å². The number of rotatable bonds is 6. The first kappa shape index (κ1) is 19.5. The number of aromatic amines is 1. The predicted molar refractivity (Wildman–Crippen MR) is 106 cm³/mol. The van der Waals surface area contributed by atoms with Crippen molar-refractivity contribution in [3.8, 4) is 5.69 Å². The van der Waals surface area contributed by atoms with Crippen LogP contribution in [-0.2, 0) is 4.79 Å². The average Bonchev–Trinajstić information content (AvgIpc) is 3.04. The topological polar surface area (TPSA) is 79.0 Å². The molecule has 0 aliphatic heterocycles. The second-order valence-corrected chi connectivity index (χ2v) is 7.54. The van der Waals surface area contributed by atoms with Crippen LogP contribution in [0.25, 0.3) is 5.69 Å². The number of anilines is 1. The minimum Gasteiger partial charge on any atom is -0.324 e. The zero-order chi connectivity index (χ0) is 19.4. The molecular weight excluding hydrogens is 409 g/mol. The molecular formula is C18H16Cl2N3O3S+. The third kappa shape index (κ3) is 4.37. The number of hydrogen-bond donors (Lipinski definition) is 2. The number of amides is 1. The number of thioether (sulfide) groups is 1. The molecule has 0 aliphatic rings. The summed E-state index contributed by atoms with van der Waals surface area (Å²) in [5.41, 5.74) is 0.597. The number of para-hydroxylation sites is 1. The first-order valence-electron chi connectivity index (χ1n) is 8.11. The van der Waals surface area contributed by atoms with E-state index >= 15 is 0 Å². The molecule has 1 unspecified atom stereocenters. The van der Waals surface area contributed by atoms with E-state index < -0.39 is 10.9 Å². The van der Waals surface area contributed by atoms with Crippen molar-refractivity contribution in [1.82, 2.24) is 5.27 Å². The molecule has 9 heteroatoms. The highest BCUT2D eigenvalue weighted by Gasteiger charge is 2.30. The maximum atomic E-state index is 12.7. The molecule has 140 valence electrons. The second-order valence-electron chi connectivity index (χ2n) is 5.56. The highest BCUT2D eigenvalue weighted by molar-refractivity contribution is 8.00. The molecule has 2 aromatic carbocycles. The van der Waals surface area contributed by atoms with Crippen LogP contribution in [0.3, 0.4) is 0 Å². The zero-order valence-corrected chi connectivity index (χ0v) is 16.6. The Balaban J connectivity index is 1.84. The SMILES string of the molecule is CCC(Sc1c(=O)o[nH][n+]1-c1ccccc1)C(=O)Nc1cccc(Cl)c1Cl. The number of nitrogens with one attached hydrogen (secondary N) is 2. The summed E-state index contributed by atoms with van der Waals surface area (Å²) >= 11 is 13.2. The molecule has 1 amide bonds. The van der Waals surface area contributed by atoms with Gasteiger partial charge in [-0.05, 0) is 40.3 Å². The lowest BCUT2D eigenvalue weighted by Gasteiger charge is -2.13. The predicted octanol–water partition coefficient (Wildman–Crippen LogP) is 4.06. The minimum atomic E-state index is -0.545. The van der Waals surface area contributed by atoms with Gasteiger partial charge in [0.05, 0.1) is 21.0 Å². The number of benzene rings is 2. The fourth-order valence-corrected chi connectivity index (χ4v) is 3.72. The van der Waals surface area contributed by atoms with Crippen LogP contribution in [0.15, 0.2) is 62.9 Å². The summed E-state index contributed by atoms with van der Waals surface area (Å²) in [4.78, 5) is 24.8. The molecule has 1 heterocycles. The van der Waals surface area contributed by atoms with E-state index in [-0.39, 0.29) is 16.0 Å². The van der Waals surface area contributed by atoms with Gasteiger partial charge in [0.1, 0.15) is 0 Å². The summed E-state index contributed by atoms with van der Waals surface area (Å²) in [5, 5.41) is 5.69. The Morgan fingerprint density at radius 2 is 1.96 bits per heavy atom. The maximum Gasteiger partial charge on any atom is 0.442 e. The highest BCUT2D eigenvalue weighted by Crippen LogP contribution is 2.30. The van der Waals surface area contributed by atoms with Crippen molar-refractivity contribution in [3.05, 3.63) is 69.0 Å². The molecule has 0 saturated carbocycles. The molecule has 0 saturated heterocycles. The first-order valence-corrected chi connectivity index (χ1v) is 9.75. The van der Waals surface area contributed by atoms with E-state index in [0.29, 0.717) is 17.1 Å². The van der Waals surface area contributed by atoms with Gasteiger partial charge in [0, 0.05) is 12.1 Å². The summed E-state index contributed by atoms with van der Waals surface area (Å²) in [5.74, 6) is -0.285. The lowest BCUT2D eigenvalue weighted by Crippen LogP contribution is -2.37. The Hall–Kier alpha value is -2.22. The number of aromatic nitrogens is 2. The van der Waals surface area contributed by atoms with Crippen LogP contribution in [0.2, 0.25) is 10.0 Å². The molecule has 0 fully saturated rings. The molecule has 0 spiro atoms. The van der Waals surface area contributed by atoms with E-state index in [0.717, 1.165) is 17.4 Å². The van der Waals surface area contributed by atoms with Crippen molar-refractivity contribution >= 4 is 46.6 Å². The summed E-state index contributed by atoms with van der Waals surface area (Å²) in [7, 11) is 0. The van der Waals surface area contributed by atoms with Gasteiger partial charge in [0.15, 0.2) is 0 Å². The molecule has 0 aliphatic carbocycles. The first-order chi connectivity index (χ1) is 13.0. The molecule has 3 aromatic rings. The van der Waals surface area contributed by atoms with Crippen molar-refractivity contribution in [3.63, 3.8) is 0 Å². The zero-order valence-electron chi connectivity index (χ0n) is 14.2. The van der Waals surface area contributed by atoms with Gasteiger partial charge in [-0.3, -0.25) is 9.32 Å². The molecule has 27 heavy (non-hydrogen) atoms. The number of halogens is 2. The van der Waals surface area contributed by atoms with Crippen LogP contribution < -0.4 is 15.6 Å². The fraction of sp³-hybridized carbons (Fsp3) is 0.167. The number of carbonyl (C=O) groups is 1. The van der Waals surface area contributed by atoms with Crippen LogP contribution in [-0.4, -0.2) is 16.4 Å². The summed E-state index contributed by atoms with van der Waals surface area (Å²) in [6, 6.07) is 14.2. The third-order valence-electron chi connectivity index (χ3n) is 3.75. The Labute approximate surface area is 169 Å². The Kier molecular flexibility index (Phi) is 6.26. The molecule has 1 aromatic heterocycles. The van der Waals surface area contributed by atoms with Crippen molar-refractivity contribution < 1.29 is 14.0 Å². The van der Waals surface area contributed by atoms with Gasteiger partial charge in [-0.1, -0.05) is 54.4 Å². The number of nitrogens with zero attached hydrogens (tertiary/aromatic N) is 1. The van der Waals surface area contributed by atoms with Gasteiger partial charge < -0.3 is 5.32 Å². The van der Waals surface area contributed by atoms with Gasteiger partial charge in [-0.15, -0.1) is 0 Å². The molecule has 6 nitrogen and oxygen atoms in total. The Bertz CT molecular complexity index is 1000. The smallest absolute Gasteiger partial charge is 0.324 e. The van der Waals surface area contributed by atoms with E-state index in [1.54, 1.807) is 18.2 Å².